The van der Waals surface area contributed by atoms with Gasteiger partial charge in [0.2, 0.25) is 0 Å². The summed E-state index contributed by atoms with van der Waals surface area (Å²) in [6.45, 7) is 0.889. The van der Waals surface area contributed by atoms with Crippen molar-refractivity contribution in [2.45, 2.75) is 33.3 Å². The van der Waals surface area contributed by atoms with Crippen LogP contribution in [0.1, 0.15) is 25.8 Å². The van der Waals surface area contributed by atoms with Crippen molar-refractivity contribution in [1.29, 1.82) is 0 Å². The van der Waals surface area contributed by atoms with Crippen LogP contribution in [0.3, 0.4) is 0 Å². The van der Waals surface area contributed by atoms with Gasteiger partial charge in [0.15, 0.2) is 17.3 Å². The van der Waals surface area contributed by atoms with Gasteiger partial charge < -0.3 is 9.47 Å². The summed E-state index contributed by atoms with van der Waals surface area (Å²) in [6, 6.07) is 14.7. The Kier molecular flexibility index (Phi) is 6.81. The number of aryl methyl sites for hydroxylation is 1. The topological polar surface area (TPSA) is 18.5 Å². The quantitative estimate of drug-likeness (QED) is 0.374. The summed E-state index contributed by atoms with van der Waals surface area (Å²) < 4.78 is 50.6. The lowest BCUT2D eigenvalue weighted by Gasteiger charge is -2.15. The first-order valence-electron chi connectivity index (χ1n) is 9.57. The van der Waals surface area contributed by atoms with E-state index in [0.717, 1.165) is 24.0 Å². The molecule has 0 saturated heterocycles. The summed E-state index contributed by atoms with van der Waals surface area (Å²) in [5.74, 6) is -1.34. The fourth-order valence-electron chi connectivity index (χ4n) is 3.20. The van der Waals surface area contributed by atoms with Crippen LogP contribution < -0.4 is 9.47 Å². The van der Waals surface area contributed by atoms with Gasteiger partial charge in [-0.05, 0) is 47.6 Å². The van der Waals surface area contributed by atoms with Gasteiger partial charge in [0.25, 0.3) is 0 Å². The fraction of sp³-hybridized carbons (Fsp3) is 0.250. The van der Waals surface area contributed by atoms with Crippen LogP contribution in [0.15, 0.2) is 60.7 Å². The van der Waals surface area contributed by atoms with Gasteiger partial charge >= 0.3 is 6.61 Å². The number of hydrogen-bond acceptors (Lipinski definition) is 2. The maximum Gasteiger partial charge on any atom is 0.387 e. The molecule has 0 aliphatic carbocycles. The van der Waals surface area contributed by atoms with Crippen LogP contribution in [0.5, 0.6) is 11.5 Å². The second-order valence-corrected chi connectivity index (χ2v) is 6.66. The molecule has 3 aromatic carbocycles. The zero-order chi connectivity index (χ0) is 20.8. The van der Waals surface area contributed by atoms with Crippen LogP contribution >= 0.6 is 0 Å². The Morgan fingerprint density at radius 2 is 1.72 bits per heavy atom. The molecule has 2 nitrogen and oxygen atoms in total. The van der Waals surface area contributed by atoms with Crippen molar-refractivity contribution in [2.24, 2.45) is 0 Å². The van der Waals surface area contributed by atoms with Crippen LogP contribution in [-0.2, 0) is 6.42 Å². The standard InChI is InChI=1S/C24H23F3O2/c1-3-5-13-28-23-21(29-24(26)27)15-19-14-18(11-12-20(19)22(23)25)17-9-7-16(6-4-2)8-10-17/h3,5,7-12,14-15,24H,4,6,13H2,1-2H3. The molecule has 0 saturated carbocycles. The molecule has 3 aromatic rings. The zero-order valence-electron chi connectivity index (χ0n) is 16.4. The average Bonchev–Trinajstić information content (AvgIpc) is 2.70. The molecule has 5 heteroatoms. The molecule has 152 valence electrons. The van der Waals surface area contributed by atoms with Crippen LogP contribution in [0.2, 0.25) is 0 Å². The molecular formula is C24H23F3O2. The Bertz CT molecular complexity index is 995. The van der Waals surface area contributed by atoms with E-state index in [2.05, 4.69) is 23.8 Å². The Hall–Kier alpha value is -2.95. The molecule has 0 spiro atoms. The van der Waals surface area contributed by atoms with Gasteiger partial charge in [-0.1, -0.05) is 61.9 Å². The van der Waals surface area contributed by atoms with Gasteiger partial charge in [0.05, 0.1) is 0 Å². The fourth-order valence-corrected chi connectivity index (χ4v) is 3.20. The molecule has 0 aromatic heterocycles. The molecule has 0 aliphatic rings. The minimum atomic E-state index is -3.08. The number of rotatable bonds is 8. The highest BCUT2D eigenvalue weighted by molar-refractivity contribution is 5.90. The van der Waals surface area contributed by atoms with Crippen molar-refractivity contribution in [3.63, 3.8) is 0 Å². The second kappa shape index (κ2) is 9.50. The summed E-state index contributed by atoms with van der Waals surface area (Å²) in [6.07, 6.45) is 5.46. The Morgan fingerprint density at radius 3 is 2.38 bits per heavy atom. The SMILES string of the molecule is CC=CCOc1c(OC(F)F)cc2cc(-c3ccc(CCC)cc3)ccc2c1F. The normalized spacial score (nSPS) is 11.5. The summed E-state index contributed by atoms with van der Waals surface area (Å²) in [7, 11) is 0. The van der Waals surface area contributed by atoms with Gasteiger partial charge in [-0.3, -0.25) is 0 Å². The molecule has 0 unspecified atom stereocenters. The molecule has 0 amide bonds. The van der Waals surface area contributed by atoms with Gasteiger partial charge in [0, 0.05) is 5.39 Å². The van der Waals surface area contributed by atoms with E-state index in [1.54, 1.807) is 31.2 Å². The van der Waals surface area contributed by atoms with E-state index < -0.39 is 12.4 Å². The smallest absolute Gasteiger partial charge is 0.387 e. The van der Waals surface area contributed by atoms with Crippen LogP contribution in [0.4, 0.5) is 13.2 Å². The Balaban J connectivity index is 2.04. The second-order valence-electron chi connectivity index (χ2n) is 6.66. The first kappa shape index (κ1) is 20.8. The summed E-state index contributed by atoms with van der Waals surface area (Å²) in [5, 5.41) is 0.750. The molecule has 0 heterocycles. The monoisotopic (exact) mass is 400 g/mol. The van der Waals surface area contributed by atoms with Crippen molar-refractivity contribution in [3.8, 4) is 22.6 Å². The number of allylic oxidation sites excluding steroid dienone is 1. The zero-order valence-corrected chi connectivity index (χ0v) is 16.4. The molecule has 0 radical (unpaired) electrons. The molecule has 0 N–H and O–H groups in total. The summed E-state index contributed by atoms with van der Waals surface area (Å²) >= 11 is 0. The van der Waals surface area contributed by atoms with Gasteiger partial charge in [-0.15, -0.1) is 0 Å². The molecule has 3 rings (SSSR count). The first-order chi connectivity index (χ1) is 14.0. The molecular weight excluding hydrogens is 377 g/mol. The lowest BCUT2D eigenvalue weighted by atomic mass is 9.99. The molecule has 0 bridgehead atoms. The third-order valence-corrected chi connectivity index (χ3v) is 4.60. The number of benzene rings is 3. The minimum absolute atomic E-state index is 0.0563. The van der Waals surface area contributed by atoms with Crippen molar-refractivity contribution in [1.82, 2.24) is 0 Å². The number of fused-ring (bicyclic) bond motifs is 1. The lowest BCUT2D eigenvalue weighted by molar-refractivity contribution is -0.0515. The highest BCUT2D eigenvalue weighted by Crippen LogP contribution is 2.38. The molecule has 0 atom stereocenters. The number of halogens is 3. The van der Waals surface area contributed by atoms with Crippen molar-refractivity contribution < 1.29 is 22.6 Å². The van der Waals surface area contributed by atoms with Gasteiger partial charge in [-0.2, -0.15) is 8.78 Å². The lowest BCUT2D eigenvalue weighted by Crippen LogP contribution is -2.06. The number of alkyl halides is 2. The maximum absolute atomic E-state index is 15.0. The highest BCUT2D eigenvalue weighted by Gasteiger charge is 2.19. The Labute approximate surface area is 168 Å². The van der Waals surface area contributed by atoms with Crippen LogP contribution in [0, 0.1) is 5.82 Å². The first-order valence-corrected chi connectivity index (χ1v) is 9.57. The van der Waals surface area contributed by atoms with Crippen molar-refractivity contribution >= 4 is 10.8 Å². The molecule has 0 aliphatic heterocycles. The summed E-state index contributed by atoms with van der Waals surface area (Å²) in [5.41, 5.74) is 3.08. The van der Waals surface area contributed by atoms with E-state index in [1.807, 2.05) is 18.2 Å². The predicted octanol–water partition coefficient (Wildman–Crippen LogP) is 7.15. The minimum Gasteiger partial charge on any atom is -0.483 e. The van der Waals surface area contributed by atoms with Crippen molar-refractivity contribution in [2.75, 3.05) is 6.61 Å². The van der Waals surface area contributed by atoms with E-state index in [4.69, 9.17) is 4.74 Å². The molecule has 0 fully saturated rings. The van der Waals surface area contributed by atoms with Crippen LogP contribution in [-0.4, -0.2) is 13.2 Å². The third kappa shape index (κ3) is 4.91. The van der Waals surface area contributed by atoms with Crippen LogP contribution in [0.25, 0.3) is 21.9 Å². The van der Waals surface area contributed by atoms with Crippen molar-refractivity contribution in [3.05, 3.63) is 72.1 Å². The number of hydrogen-bond donors (Lipinski definition) is 0. The van der Waals surface area contributed by atoms with Gasteiger partial charge in [0.1, 0.15) is 6.61 Å². The van der Waals surface area contributed by atoms with E-state index in [9.17, 15) is 8.78 Å². The van der Waals surface area contributed by atoms with E-state index >= 15 is 4.39 Å². The highest BCUT2D eigenvalue weighted by atomic mass is 19.3. The third-order valence-electron chi connectivity index (χ3n) is 4.60. The van der Waals surface area contributed by atoms with E-state index in [1.165, 1.54) is 11.6 Å². The Morgan fingerprint density at radius 1 is 1.00 bits per heavy atom. The number of ether oxygens (including phenoxy) is 2. The maximum atomic E-state index is 15.0. The predicted molar refractivity (Wildman–Crippen MR) is 110 cm³/mol. The summed E-state index contributed by atoms with van der Waals surface area (Å²) in [4.78, 5) is 0. The largest absolute Gasteiger partial charge is 0.483 e. The van der Waals surface area contributed by atoms with Gasteiger partial charge in [-0.25, -0.2) is 4.39 Å². The molecule has 29 heavy (non-hydrogen) atoms. The van der Waals surface area contributed by atoms with E-state index in [-0.39, 0.29) is 23.5 Å². The van der Waals surface area contributed by atoms with E-state index in [0.29, 0.717) is 5.39 Å². The average molecular weight is 400 g/mol.